The summed E-state index contributed by atoms with van der Waals surface area (Å²) in [5.41, 5.74) is 5.95. The fraction of sp³-hybridized carbons (Fsp3) is 0.273. The quantitative estimate of drug-likeness (QED) is 0.696. The van der Waals surface area contributed by atoms with Gasteiger partial charge in [0.1, 0.15) is 0 Å². The molecule has 0 aliphatic heterocycles. The van der Waals surface area contributed by atoms with Crippen LogP contribution in [0.3, 0.4) is 0 Å². The van der Waals surface area contributed by atoms with Gasteiger partial charge in [-0.05, 0) is 24.3 Å². The van der Waals surface area contributed by atoms with E-state index in [4.69, 9.17) is 10.5 Å². The van der Waals surface area contributed by atoms with Crippen LogP contribution in [0, 0.1) is 0 Å². The van der Waals surface area contributed by atoms with Crippen LogP contribution < -0.4 is 11.1 Å². The van der Waals surface area contributed by atoms with Gasteiger partial charge in [-0.15, -0.1) is 0 Å². The molecular formula is C11H14N2O3. The van der Waals surface area contributed by atoms with Crippen molar-refractivity contribution in [1.82, 2.24) is 5.32 Å². The normalized spacial score (nSPS) is 9.81. The molecule has 0 spiro atoms. The molecule has 0 aliphatic carbocycles. The van der Waals surface area contributed by atoms with Crippen molar-refractivity contribution in [2.75, 3.05) is 20.3 Å². The van der Waals surface area contributed by atoms with E-state index < -0.39 is 5.91 Å². The lowest BCUT2D eigenvalue weighted by Gasteiger charge is -2.04. The molecule has 0 aromatic heterocycles. The molecule has 0 radical (unpaired) electrons. The van der Waals surface area contributed by atoms with Crippen molar-refractivity contribution in [3.63, 3.8) is 0 Å². The lowest BCUT2D eigenvalue weighted by atomic mass is 10.1. The van der Waals surface area contributed by atoms with E-state index in [1.807, 2.05) is 0 Å². The number of rotatable bonds is 5. The number of nitrogens with two attached hydrogens (primary N) is 1. The summed E-state index contributed by atoms with van der Waals surface area (Å²) in [6.45, 7) is 0.915. The van der Waals surface area contributed by atoms with E-state index in [2.05, 4.69) is 5.32 Å². The molecule has 2 amide bonds. The highest BCUT2D eigenvalue weighted by molar-refractivity contribution is 5.97. The predicted octanol–water partition coefficient (Wildman–Crippen LogP) is 0.162. The van der Waals surface area contributed by atoms with Crippen LogP contribution in [0.2, 0.25) is 0 Å². The highest BCUT2D eigenvalue weighted by Gasteiger charge is 2.05. The fourth-order valence-electron chi connectivity index (χ4n) is 1.15. The smallest absolute Gasteiger partial charge is 0.251 e. The average Bonchev–Trinajstić information content (AvgIpc) is 2.29. The lowest BCUT2D eigenvalue weighted by molar-refractivity contribution is 0.0935. The third-order valence-corrected chi connectivity index (χ3v) is 2.02. The van der Waals surface area contributed by atoms with Gasteiger partial charge in [0.15, 0.2) is 0 Å². The van der Waals surface area contributed by atoms with Crippen molar-refractivity contribution in [2.45, 2.75) is 0 Å². The van der Waals surface area contributed by atoms with Gasteiger partial charge in [0.05, 0.1) is 6.61 Å². The van der Waals surface area contributed by atoms with Crippen LogP contribution in [0.15, 0.2) is 24.3 Å². The van der Waals surface area contributed by atoms with E-state index in [-0.39, 0.29) is 5.91 Å². The molecule has 86 valence electrons. The molecule has 3 N–H and O–H groups in total. The second-order valence-electron chi connectivity index (χ2n) is 3.19. The highest BCUT2D eigenvalue weighted by Crippen LogP contribution is 2.03. The maximum absolute atomic E-state index is 11.5. The predicted molar refractivity (Wildman–Crippen MR) is 59.2 cm³/mol. The first-order valence-corrected chi connectivity index (χ1v) is 4.82. The minimum atomic E-state index is -0.508. The van der Waals surface area contributed by atoms with Gasteiger partial charge in [0.25, 0.3) is 5.91 Å². The Kier molecular flexibility index (Phi) is 4.47. The molecule has 5 nitrogen and oxygen atoms in total. The molecule has 0 saturated heterocycles. The first kappa shape index (κ1) is 12.2. The van der Waals surface area contributed by atoms with E-state index in [0.29, 0.717) is 24.3 Å². The number of benzene rings is 1. The van der Waals surface area contributed by atoms with Crippen molar-refractivity contribution in [3.8, 4) is 0 Å². The summed E-state index contributed by atoms with van der Waals surface area (Å²) in [4.78, 5) is 22.3. The zero-order chi connectivity index (χ0) is 12.0. The van der Waals surface area contributed by atoms with Crippen molar-refractivity contribution in [2.24, 2.45) is 5.73 Å². The maximum atomic E-state index is 11.5. The zero-order valence-corrected chi connectivity index (χ0v) is 9.03. The van der Waals surface area contributed by atoms with Crippen molar-refractivity contribution in [3.05, 3.63) is 35.4 Å². The molecule has 5 heteroatoms. The molecule has 0 fully saturated rings. The lowest BCUT2D eigenvalue weighted by Crippen LogP contribution is -2.27. The Morgan fingerprint density at radius 1 is 1.25 bits per heavy atom. The van der Waals surface area contributed by atoms with E-state index in [0.717, 1.165) is 0 Å². The number of hydrogen-bond donors (Lipinski definition) is 2. The Bertz CT molecular complexity index is 373. The topological polar surface area (TPSA) is 81.4 Å². The standard InChI is InChI=1S/C11H14N2O3/c1-16-7-6-13-11(15)9-4-2-8(3-5-9)10(12)14/h2-5H,6-7H2,1H3,(H2,12,14)(H,13,15). The number of methoxy groups -OCH3 is 1. The highest BCUT2D eigenvalue weighted by atomic mass is 16.5. The van der Waals surface area contributed by atoms with Crippen molar-refractivity contribution >= 4 is 11.8 Å². The van der Waals surface area contributed by atoms with Crippen LogP contribution in [0.1, 0.15) is 20.7 Å². The Labute approximate surface area is 93.6 Å². The molecular weight excluding hydrogens is 208 g/mol. The molecule has 1 rings (SSSR count). The summed E-state index contributed by atoms with van der Waals surface area (Å²) in [5, 5.41) is 2.67. The molecule has 0 saturated carbocycles. The van der Waals surface area contributed by atoms with E-state index in [1.54, 1.807) is 19.2 Å². The molecule has 0 bridgehead atoms. The van der Waals surface area contributed by atoms with Gasteiger partial charge in [0, 0.05) is 24.8 Å². The maximum Gasteiger partial charge on any atom is 0.251 e. The molecule has 16 heavy (non-hydrogen) atoms. The minimum Gasteiger partial charge on any atom is -0.383 e. The van der Waals surface area contributed by atoms with Gasteiger partial charge in [0.2, 0.25) is 5.91 Å². The first-order chi connectivity index (χ1) is 7.65. The Balaban J connectivity index is 2.59. The number of hydrogen-bond acceptors (Lipinski definition) is 3. The average molecular weight is 222 g/mol. The van der Waals surface area contributed by atoms with Gasteiger partial charge in [-0.3, -0.25) is 9.59 Å². The minimum absolute atomic E-state index is 0.201. The van der Waals surface area contributed by atoms with Gasteiger partial charge in [-0.25, -0.2) is 0 Å². The van der Waals surface area contributed by atoms with E-state index in [1.165, 1.54) is 12.1 Å². The molecule has 0 unspecified atom stereocenters. The molecule has 1 aromatic carbocycles. The summed E-state index contributed by atoms with van der Waals surface area (Å²) in [6, 6.07) is 6.16. The first-order valence-electron chi connectivity index (χ1n) is 4.82. The van der Waals surface area contributed by atoms with Gasteiger partial charge in [-0.1, -0.05) is 0 Å². The second kappa shape index (κ2) is 5.87. The largest absolute Gasteiger partial charge is 0.383 e. The van der Waals surface area contributed by atoms with E-state index >= 15 is 0 Å². The van der Waals surface area contributed by atoms with Crippen LogP contribution in [0.4, 0.5) is 0 Å². The second-order valence-corrected chi connectivity index (χ2v) is 3.19. The summed E-state index contributed by atoms with van der Waals surface area (Å²) in [6.07, 6.45) is 0. The Morgan fingerprint density at radius 3 is 2.31 bits per heavy atom. The molecule has 0 aliphatic rings. The number of primary amides is 1. The van der Waals surface area contributed by atoms with Gasteiger partial charge >= 0.3 is 0 Å². The van der Waals surface area contributed by atoms with Crippen molar-refractivity contribution < 1.29 is 14.3 Å². The van der Waals surface area contributed by atoms with Crippen LogP contribution in [0.5, 0.6) is 0 Å². The third-order valence-electron chi connectivity index (χ3n) is 2.02. The van der Waals surface area contributed by atoms with Gasteiger partial charge < -0.3 is 15.8 Å². The Hall–Kier alpha value is -1.88. The summed E-state index contributed by atoms with van der Waals surface area (Å²) < 4.78 is 4.80. The van der Waals surface area contributed by atoms with Crippen LogP contribution in [-0.2, 0) is 4.74 Å². The SMILES string of the molecule is COCCNC(=O)c1ccc(C(N)=O)cc1. The summed E-state index contributed by atoms with van der Waals surface area (Å²) in [7, 11) is 1.56. The number of nitrogens with one attached hydrogen (secondary N) is 1. The Morgan fingerprint density at radius 2 is 1.81 bits per heavy atom. The zero-order valence-electron chi connectivity index (χ0n) is 9.03. The molecule has 0 heterocycles. The number of ether oxygens (including phenoxy) is 1. The van der Waals surface area contributed by atoms with Crippen molar-refractivity contribution in [1.29, 1.82) is 0 Å². The van der Waals surface area contributed by atoms with E-state index in [9.17, 15) is 9.59 Å². The third kappa shape index (κ3) is 3.36. The number of amides is 2. The number of carbonyl (C=O) groups excluding carboxylic acids is 2. The van der Waals surface area contributed by atoms with Crippen LogP contribution >= 0.6 is 0 Å². The number of carbonyl (C=O) groups is 2. The monoisotopic (exact) mass is 222 g/mol. The van der Waals surface area contributed by atoms with Crippen LogP contribution in [-0.4, -0.2) is 32.1 Å². The fourth-order valence-corrected chi connectivity index (χ4v) is 1.15. The molecule has 0 atom stereocenters. The molecule has 1 aromatic rings. The summed E-state index contributed by atoms with van der Waals surface area (Å²) in [5.74, 6) is -0.709. The van der Waals surface area contributed by atoms with Crippen LogP contribution in [0.25, 0.3) is 0 Å². The van der Waals surface area contributed by atoms with Gasteiger partial charge in [-0.2, -0.15) is 0 Å². The summed E-state index contributed by atoms with van der Waals surface area (Å²) >= 11 is 0.